The van der Waals surface area contributed by atoms with Crippen molar-refractivity contribution < 1.29 is 13.9 Å². The molecule has 1 saturated heterocycles. The van der Waals surface area contributed by atoms with Gasteiger partial charge in [0.15, 0.2) is 12.1 Å². The second-order valence-corrected chi connectivity index (χ2v) is 8.82. The van der Waals surface area contributed by atoms with Gasteiger partial charge in [-0.15, -0.1) is 0 Å². The Bertz CT molecular complexity index is 1100. The van der Waals surface area contributed by atoms with Crippen LogP contribution >= 0.6 is 0 Å². The van der Waals surface area contributed by atoms with E-state index in [0.29, 0.717) is 36.1 Å². The largest absolute Gasteiger partial charge is 0.476 e. The molecule has 0 unspecified atom stereocenters. The number of fused-ring (bicyclic) bond motifs is 1. The number of carbonyl (C=O) groups excluding carboxylic acids is 1. The van der Waals surface area contributed by atoms with Gasteiger partial charge in [-0.3, -0.25) is 9.69 Å². The van der Waals surface area contributed by atoms with Crippen LogP contribution in [0.5, 0.6) is 5.88 Å². The smallest absolute Gasteiger partial charge is 0.229 e. The first-order valence-corrected chi connectivity index (χ1v) is 11.8. The lowest BCUT2D eigenvalue weighted by molar-refractivity contribution is 0.111. The number of nitrogens with zero attached hydrogens (tertiary/aromatic N) is 5. The number of carbonyl (C=O) groups is 1. The van der Waals surface area contributed by atoms with E-state index in [9.17, 15) is 9.18 Å². The molecule has 174 valence electrons. The van der Waals surface area contributed by atoms with Crippen molar-refractivity contribution in [2.75, 3.05) is 31.6 Å². The number of halogens is 1. The summed E-state index contributed by atoms with van der Waals surface area (Å²) in [6, 6.07) is 3.75. The Kier molecular flexibility index (Phi) is 6.48. The molecule has 9 heteroatoms. The summed E-state index contributed by atoms with van der Waals surface area (Å²) < 4.78 is 22.3. The first-order chi connectivity index (χ1) is 16.2. The van der Waals surface area contributed by atoms with Crippen LogP contribution in [0.3, 0.4) is 0 Å². The average Bonchev–Trinajstić information content (AvgIpc) is 3.47. The molecule has 0 radical (unpaired) electrons. The lowest BCUT2D eigenvalue weighted by Crippen LogP contribution is -2.33. The third-order valence-electron chi connectivity index (χ3n) is 6.62. The van der Waals surface area contributed by atoms with E-state index in [4.69, 9.17) is 4.74 Å². The zero-order valence-electron chi connectivity index (χ0n) is 18.7. The topological polar surface area (TPSA) is 85.2 Å². The molecule has 1 saturated carbocycles. The van der Waals surface area contributed by atoms with E-state index in [1.54, 1.807) is 10.8 Å². The predicted molar refractivity (Wildman–Crippen MR) is 124 cm³/mol. The van der Waals surface area contributed by atoms with E-state index in [0.717, 1.165) is 45.3 Å². The highest BCUT2D eigenvalue weighted by Gasteiger charge is 2.26. The highest BCUT2D eigenvalue weighted by molar-refractivity contribution is 5.88. The van der Waals surface area contributed by atoms with Crippen molar-refractivity contribution in [2.24, 2.45) is 0 Å². The van der Waals surface area contributed by atoms with Crippen LogP contribution < -0.4 is 10.1 Å². The first-order valence-electron chi connectivity index (χ1n) is 11.8. The molecule has 0 bridgehead atoms. The van der Waals surface area contributed by atoms with E-state index in [-0.39, 0.29) is 17.1 Å². The number of hydrogen-bond donors (Lipinski definition) is 1. The molecular weight excluding hydrogens is 423 g/mol. The highest BCUT2D eigenvalue weighted by Crippen LogP contribution is 2.35. The zero-order chi connectivity index (χ0) is 22.6. The van der Waals surface area contributed by atoms with Crippen LogP contribution in [-0.2, 0) is 0 Å². The molecule has 3 aromatic heterocycles. The zero-order valence-corrected chi connectivity index (χ0v) is 18.7. The molecule has 0 amide bonds. The third-order valence-corrected chi connectivity index (χ3v) is 6.62. The minimum Gasteiger partial charge on any atom is -0.476 e. The maximum Gasteiger partial charge on any atom is 0.229 e. The Morgan fingerprint density at radius 2 is 1.91 bits per heavy atom. The van der Waals surface area contributed by atoms with Gasteiger partial charge in [-0.25, -0.2) is 14.4 Å². The van der Waals surface area contributed by atoms with Crippen LogP contribution in [0.25, 0.3) is 11.0 Å². The molecule has 4 heterocycles. The third kappa shape index (κ3) is 4.68. The minimum atomic E-state index is -0.550. The fraction of sp³-hybridized carbons (Fsp3) is 0.500. The predicted octanol–water partition coefficient (Wildman–Crippen LogP) is 4.50. The van der Waals surface area contributed by atoms with Gasteiger partial charge in [0.25, 0.3) is 0 Å². The number of piperidine rings is 1. The van der Waals surface area contributed by atoms with Gasteiger partial charge < -0.3 is 14.6 Å². The number of likely N-dealkylation sites (tertiary alicyclic amines) is 1. The van der Waals surface area contributed by atoms with Crippen molar-refractivity contribution in [2.45, 2.75) is 51.0 Å². The summed E-state index contributed by atoms with van der Waals surface area (Å²) >= 11 is 0. The van der Waals surface area contributed by atoms with Crippen molar-refractivity contribution in [3.8, 4) is 5.88 Å². The maximum absolute atomic E-state index is 14.8. The lowest BCUT2D eigenvalue weighted by Gasteiger charge is -2.26. The quantitative estimate of drug-likeness (QED) is 0.504. The first kappa shape index (κ1) is 21.8. The Morgan fingerprint density at radius 1 is 1.09 bits per heavy atom. The molecule has 33 heavy (non-hydrogen) atoms. The summed E-state index contributed by atoms with van der Waals surface area (Å²) in [7, 11) is 0. The molecule has 1 aliphatic carbocycles. The van der Waals surface area contributed by atoms with E-state index < -0.39 is 5.82 Å². The number of nitrogens with one attached hydrogen (secondary N) is 1. The normalized spacial score (nSPS) is 17.5. The van der Waals surface area contributed by atoms with E-state index >= 15 is 0 Å². The van der Waals surface area contributed by atoms with Crippen LogP contribution in [0.4, 0.5) is 16.0 Å². The van der Waals surface area contributed by atoms with Crippen molar-refractivity contribution in [3.63, 3.8) is 0 Å². The molecule has 8 nitrogen and oxygen atoms in total. The second kappa shape index (κ2) is 9.82. The van der Waals surface area contributed by atoms with Crippen LogP contribution in [0.2, 0.25) is 0 Å². The Balaban J connectivity index is 1.27. The number of rotatable bonds is 8. The van der Waals surface area contributed by atoms with Gasteiger partial charge in [0.1, 0.15) is 17.9 Å². The average molecular weight is 453 g/mol. The van der Waals surface area contributed by atoms with Crippen molar-refractivity contribution in [1.29, 1.82) is 0 Å². The van der Waals surface area contributed by atoms with Gasteiger partial charge in [0, 0.05) is 24.8 Å². The molecule has 0 spiro atoms. The van der Waals surface area contributed by atoms with Crippen LogP contribution in [-0.4, -0.2) is 56.9 Å². The van der Waals surface area contributed by atoms with Gasteiger partial charge in [0.2, 0.25) is 11.8 Å². The van der Waals surface area contributed by atoms with Crippen LogP contribution in [0, 0.1) is 5.82 Å². The van der Waals surface area contributed by atoms with Crippen molar-refractivity contribution >= 4 is 29.0 Å². The van der Waals surface area contributed by atoms with E-state index in [1.165, 1.54) is 25.5 Å². The summed E-state index contributed by atoms with van der Waals surface area (Å²) in [5.74, 6) is 0.352. The molecular formula is C24H29FN6O2. The van der Waals surface area contributed by atoms with E-state index in [1.807, 2.05) is 12.1 Å². The number of pyridine rings is 1. The number of hydrogen-bond acceptors (Lipinski definition) is 7. The summed E-state index contributed by atoms with van der Waals surface area (Å²) in [6.45, 7) is 3.82. The highest BCUT2D eigenvalue weighted by atomic mass is 19.1. The van der Waals surface area contributed by atoms with Crippen molar-refractivity contribution in [3.05, 3.63) is 36.0 Å². The van der Waals surface area contributed by atoms with Gasteiger partial charge in [0.05, 0.1) is 17.3 Å². The van der Waals surface area contributed by atoms with Gasteiger partial charge in [-0.2, -0.15) is 4.98 Å². The van der Waals surface area contributed by atoms with Gasteiger partial charge in [-0.05, 0) is 44.8 Å². The Hall–Kier alpha value is -3.07. The summed E-state index contributed by atoms with van der Waals surface area (Å²) in [4.78, 5) is 27.2. The number of aromatic nitrogens is 4. The van der Waals surface area contributed by atoms with Gasteiger partial charge >= 0.3 is 0 Å². The molecule has 1 aliphatic heterocycles. The molecule has 0 atom stereocenters. The van der Waals surface area contributed by atoms with Crippen LogP contribution in [0.15, 0.2) is 24.5 Å². The summed E-state index contributed by atoms with van der Waals surface area (Å²) in [6.07, 6.45) is 11.5. The number of aldehydes is 1. The fourth-order valence-electron chi connectivity index (χ4n) is 4.90. The second-order valence-electron chi connectivity index (χ2n) is 8.82. The lowest BCUT2D eigenvalue weighted by atomic mass is 10.1. The number of ether oxygens (including phenoxy) is 1. The summed E-state index contributed by atoms with van der Waals surface area (Å²) in [5, 5.41) is 3.39. The molecule has 5 rings (SSSR count). The number of anilines is 2. The van der Waals surface area contributed by atoms with Gasteiger partial charge in [-0.1, -0.05) is 19.3 Å². The molecule has 1 N–H and O–H groups in total. The van der Waals surface area contributed by atoms with E-state index in [2.05, 4.69) is 25.2 Å². The molecule has 2 fully saturated rings. The standard InChI is InChI=1S/C24H29FN6O2/c25-22-19-15-27-24(29-23(19)31(20(22)16-32)18-6-2-3-7-18)28-17-8-9-21(26-14-17)33-13-12-30-10-4-1-5-11-30/h8-9,14-16,18H,1-7,10-13H2,(H,27,28,29). The van der Waals surface area contributed by atoms with Crippen molar-refractivity contribution in [1.82, 2.24) is 24.4 Å². The molecule has 2 aliphatic rings. The summed E-state index contributed by atoms with van der Waals surface area (Å²) in [5.41, 5.74) is 1.20. The maximum atomic E-state index is 14.8. The monoisotopic (exact) mass is 452 g/mol. The Morgan fingerprint density at radius 3 is 2.64 bits per heavy atom. The fourth-order valence-corrected chi connectivity index (χ4v) is 4.90. The molecule has 0 aromatic carbocycles. The van der Waals surface area contributed by atoms with Crippen LogP contribution in [0.1, 0.15) is 61.5 Å². The Labute approximate surface area is 192 Å². The molecule has 3 aromatic rings. The SMILES string of the molecule is O=Cc1c(F)c2cnc(Nc3ccc(OCCN4CCCCC4)nc3)nc2n1C1CCCC1. The minimum absolute atomic E-state index is 0.0519.